The van der Waals surface area contributed by atoms with Crippen LogP contribution in [0.3, 0.4) is 0 Å². The molecule has 2 N–H and O–H groups in total. The third-order valence-corrected chi connectivity index (χ3v) is 3.11. The van der Waals surface area contributed by atoms with Gasteiger partial charge in [-0.25, -0.2) is 9.78 Å². The van der Waals surface area contributed by atoms with Crippen molar-refractivity contribution in [2.75, 3.05) is 11.9 Å². The van der Waals surface area contributed by atoms with Crippen LogP contribution in [0.1, 0.15) is 12.5 Å². The fourth-order valence-electron chi connectivity index (χ4n) is 1.39. The number of nitrogens with zero attached hydrogens (tertiary/aromatic N) is 2. The highest BCUT2D eigenvalue weighted by Crippen LogP contribution is 2.28. The quantitative estimate of drug-likeness (QED) is 0.853. The Labute approximate surface area is 102 Å². The number of aromatic nitrogens is 1. The summed E-state index contributed by atoms with van der Waals surface area (Å²) in [4.78, 5) is 15.6. The summed E-state index contributed by atoms with van der Waals surface area (Å²) in [5.41, 5.74) is 1.30. The Kier molecular flexibility index (Phi) is 3.21. The van der Waals surface area contributed by atoms with Gasteiger partial charge >= 0.3 is 6.03 Å². The Morgan fingerprint density at radius 2 is 2.41 bits per heavy atom. The van der Waals surface area contributed by atoms with Gasteiger partial charge in [0, 0.05) is 6.54 Å². The van der Waals surface area contributed by atoms with E-state index in [2.05, 4.69) is 21.7 Å². The van der Waals surface area contributed by atoms with Crippen LogP contribution in [0.25, 0.3) is 10.2 Å². The van der Waals surface area contributed by atoms with Gasteiger partial charge in [-0.05, 0) is 19.1 Å². The van der Waals surface area contributed by atoms with Crippen LogP contribution in [0.15, 0.2) is 18.2 Å². The zero-order valence-electron chi connectivity index (χ0n) is 9.15. The third-order valence-electron chi connectivity index (χ3n) is 2.09. The molecule has 0 atom stereocenters. The lowest BCUT2D eigenvalue weighted by atomic mass is 10.2. The van der Waals surface area contributed by atoms with Crippen LogP contribution in [0, 0.1) is 11.3 Å². The van der Waals surface area contributed by atoms with E-state index in [0.29, 0.717) is 17.2 Å². The van der Waals surface area contributed by atoms with Crippen LogP contribution in [0.4, 0.5) is 9.93 Å². The predicted octanol–water partition coefficient (Wildman–Crippen LogP) is 2.31. The molecule has 1 heterocycles. The van der Waals surface area contributed by atoms with E-state index in [9.17, 15) is 4.79 Å². The van der Waals surface area contributed by atoms with Crippen molar-refractivity contribution in [2.45, 2.75) is 6.92 Å². The van der Waals surface area contributed by atoms with Crippen molar-refractivity contribution in [1.29, 1.82) is 5.26 Å². The maximum atomic E-state index is 11.3. The number of anilines is 1. The average Bonchev–Trinajstić information content (AvgIpc) is 2.70. The average molecular weight is 246 g/mol. The number of nitriles is 1. The molecule has 2 rings (SSSR count). The Balaban J connectivity index is 2.32. The van der Waals surface area contributed by atoms with Crippen LogP contribution in [-0.2, 0) is 0 Å². The highest BCUT2D eigenvalue weighted by Gasteiger charge is 2.09. The van der Waals surface area contributed by atoms with E-state index < -0.39 is 0 Å². The van der Waals surface area contributed by atoms with Crippen molar-refractivity contribution in [1.82, 2.24) is 10.3 Å². The summed E-state index contributed by atoms with van der Waals surface area (Å²) in [6.45, 7) is 2.39. The van der Waals surface area contributed by atoms with Gasteiger partial charge < -0.3 is 5.32 Å². The number of urea groups is 1. The Bertz CT molecular complexity index is 599. The molecule has 17 heavy (non-hydrogen) atoms. The second-order valence-corrected chi connectivity index (χ2v) is 4.27. The van der Waals surface area contributed by atoms with Gasteiger partial charge in [0.1, 0.15) is 6.07 Å². The van der Waals surface area contributed by atoms with Crippen molar-refractivity contribution < 1.29 is 4.79 Å². The van der Waals surface area contributed by atoms with Gasteiger partial charge in [0.05, 0.1) is 15.8 Å². The van der Waals surface area contributed by atoms with Crippen molar-refractivity contribution in [2.24, 2.45) is 0 Å². The fourth-order valence-corrected chi connectivity index (χ4v) is 2.32. The zero-order chi connectivity index (χ0) is 12.3. The molecule has 2 aromatic rings. The van der Waals surface area contributed by atoms with Gasteiger partial charge in [0.15, 0.2) is 5.13 Å². The van der Waals surface area contributed by atoms with E-state index in [-0.39, 0.29) is 6.03 Å². The molecule has 0 saturated heterocycles. The third kappa shape index (κ3) is 2.34. The molecule has 86 valence electrons. The number of amides is 2. The number of carbonyl (C=O) groups excluding carboxylic acids is 1. The molecule has 0 unspecified atom stereocenters. The second-order valence-electron chi connectivity index (χ2n) is 3.27. The van der Waals surface area contributed by atoms with E-state index in [4.69, 9.17) is 5.26 Å². The van der Waals surface area contributed by atoms with Crippen molar-refractivity contribution in [3.63, 3.8) is 0 Å². The van der Waals surface area contributed by atoms with Gasteiger partial charge in [0.25, 0.3) is 0 Å². The van der Waals surface area contributed by atoms with E-state index >= 15 is 0 Å². The first-order chi connectivity index (χ1) is 8.24. The summed E-state index contributed by atoms with van der Waals surface area (Å²) in [6, 6.07) is 7.14. The summed E-state index contributed by atoms with van der Waals surface area (Å²) in [5, 5.41) is 14.7. The second kappa shape index (κ2) is 4.80. The summed E-state index contributed by atoms with van der Waals surface area (Å²) >= 11 is 1.30. The summed E-state index contributed by atoms with van der Waals surface area (Å²) in [7, 11) is 0. The molecule has 1 aromatic heterocycles. The monoisotopic (exact) mass is 246 g/mol. The first-order valence-corrected chi connectivity index (χ1v) is 5.90. The Morgan fingerprint density at radius 1 is 1.59 bits per heavy atom. The number of thiazole rings is 1. The van der Waals surface area contributed by atoms with Crippen molar-refractivity contribution >= 4 is 32.7 Å². The lowest BCUT2D eigenvalue weighted by molar-refractivity contribution is 0.252. The standard InChI is InChI=1S/C11H10N4OS/c1-2-13-10(16)15-11-14-8-5-3-4-7(6-12)9(8)17-11/h3-5H,2H2,1H3,(H2,13,14,15,16). The van der Waals surface area contributed by atoms with E-state index in [1.54, 1.807) is 12.1 Å². The maximum absolute atomic E-state index is 11.3. The van der Waals surface area contributed by atoms with Gasteiger partial charge in [-0.2, -0.15) is 5.26 Å². The number of rotatable bonds is 2. The highest BCUT2D eigenvalue weighted by molar-refractivity contribution is 7.22. The normalized spacial score (nSPS) is 9.88. The number of benzene rings is 1. The summed E-state index contributed by atoms with van der Waals surface area (Å²) in [6.07, 6.45) is 0. The van der Waals surface area contributed by atoms with E-state index in [1.165, 1.54) is 11.3 Å². The van der Waals surface area contributed by atoms with Gasteiger partial charge in [-0.3, -0.25) is 5.32 Å². The lowest BCUT2D eigenvalue weighted by Gasteiger charge is -2.00. The molecule has 0 aliphatic heterocycles. The first-order valence-electron chi connectivity index (χ1n) is 5.09. The van der Waals surface area contributed by atoms with E-state index in [0.717, 1.165) is 10.2 Å². The van der Waals surface area contributed by atoms with Crippen LogP contribution in [-0.4, -0.2) is 17.6 Å². The van der Waals surface area contributed by atoms with Crippen molar-refractivity contribution in [3.05, 3.63) is 23.8 Å². The molecule has 0 radical (unpaired) electrons. The Hall–Kier alpha value is -2.13. The summed E-state index contributed by atoms with van der Waals surface area (Å²) < 4.78 is 0.793. The molecule has 0 spiro atoms. The molecule has 1 aromatic carbocycles. The number of hydrogen-bond donors (Lipinski definition) is 2. The van der Waals surface area contributed by atoms with Gasteiger partial charge in [0.2, 0.25) is 0 Å². The molecule has 0 aliphatic rings. The molecule has 0 fully saturated rings. The van der Waals surface area contributed by atoms with Gasteiger partial charge in [-0.15, -0.1) is 0 Å². The minimum Gasteiger partial charge on any atom is -0.338 e. The number of hydrogen-bond acceptors (Lipinski definition) is 4. The smallest absolute Gasteiger partial charge is 0.321 e. The molecule has 0 bridgehead atoms. The molecule has 0 aliphatic carbocycles. The molecule has 2 amide bonds. The minimum absolute atomic E-state index is 0.287. The number of nitrogens with one attached hydrogen (secondary N) is 2. The molecule has 6 heteroatoms. The van der Waals surface area contributed by atoms with Crippen LogP contribution < -0.4 is 10.6 Å². The van der Waals surface area contributed by atoms with Crippen LogP contribution in [0.5, 0.6) is 0 Å². The fraction of sp³-hybridized carbons (Fsp3) is 0.182. The molecular formula is C11H10N4OS. The Morgan fingerprint density at radius 3 is 3.12 bits per heavy atom. The zero-order valence-corrected chi connectivity index (χ0v) is 9.97. The van der Waals surface area contributed by atoms with Crippen LogP contribution >= 0.6 is 11.3 Å². The van der Waals surface area contributed by atoms with E-state index in [1.807, 2.05) is 13.0 Å². The molecule has 0 saturated carbocycles. The molecule has 5 nitrogen and oxygen atoms in total. The first kappa shape index (κ1) is 11.4. The van der Waals surface area contributed by atoms with Crippen molar-refractivity contribution in [3.8, 4) is 6.07 Å². The summed E-state index contributed by atoms with van der Waals surface area (Å²) in [5.74, 6) is 0. The number of carbonyl (C=O) groups is 1. The van der Waals surface area contributed by atoms with Crippen LogP contribution in [0.2, 0.25) is 0 Å². The number of fused-ring (bicyclic) bond motifs is 1. The minimum atomic E-state index is -0.287. The maximum Gasteiger partial charge on any atom is 0.321 e. The lowest BCUT2D eigenvalue weighted by Crippen LogP contribution is -2.28. The topological polar surface area (TPSA) is 77.8 Å². The predicted molar refractivity (Wildman–Crippen MR) is 67.0 cm³/mol. The largest absolute Gasteiger partial charge is 0.338 e. The molecular weight excluding hydrogens is 236 g/mol. The highest BCUT2D eigenvalue weighted by atomic mass is 32.1. The van der Waals surface area contributed by atoms with Gasteiger partial charge in [-0.1, -0.05) is 17.4 Å². The SMILES string of the molecule is CCNC(=O)Nc1nc2cccc(C#N)c2s1.